The Morgan fingerprint density at radius 2 is 2.00 bits per heavy atom. The molecule has 2 N–H and O–H groups in total. The molecule has 2 saturated heterocycles. The van der Waals surface area contributed by atoms with Crippen molar-refractivity contribution >= 4 is 28.9 Å². The first-order valence-corrected chi connectivity index (χ1v) is 13.8. The fourth-order valence-electron chi connectivity index (χ4n) is 5.99. The number of hydrogen-bond donors (Lipinski definition) is 2. The molecule has 4 aromatic rings. The zero-order valence-electron chi connectivity index (χ0n) is 21.9. The van der Waals surface area contributed by atoms with Crippen LogP contribution in [0.25, 0.3) is 22.5 Å². The summed E-state index contributed by atoms with van der Waals surface area (Å²) in [7, 11) is 0. The zero-order chi connectivity index (χ0) is 29.0. The number of fused-ring (bicyclic) bond motifs is 1. The van der Waals surface area contributed by atoms with Crippen LogP contribution < -0.4 is 5.32 Å². The molecule has 6 heterocycles. The van der Waals surface area contributed by atoms with E-state index < -0.39 is 23.6 Å². The summed E-state index contributed by atoms with van der Waals surface area (Å²) in [6.45, 7) is 1.00. The van der Waals surface area contributed by atoms with E-state index in [-0.39, 0.29) is 51.5 Å². The Hall–Kier alpha value is -4.30. The third kappa shape index (κ3) is 4.50. The van der Waals surface area contributed by atoms with E-state index in [0.717, 1.165) is 0 Å². The normalized spacial score (nSPS) is 22.0. The number of imidazole rings is 1. The molecule has 11 nitrogen and oxygen atoms in total. The number of tetrazole rings is 1. The highest BCUT2D eigenvalue weighted by atomic mass is 35.5. The van der Waals surface area contributed by atoms with Gasteiger partial charge < -0.3 is 19.9 Å². The Kier molecular flexibility index (Phi) is 6.66. The van der Waals surface area contributed by atoms with Gasteiger partial charge in [-0.1, -0.05) is 11.6 Å². The molecular weight excluding hydrogens is 575 g/mol. The summed E-state index contributed by atoms with van der Waals surface area (Å²) < 4.78 is 52.6. The minimum absolute atomic E-state index is 0.00218. The number of amides is 1. The van der Waals surface area contributed by atoms with Gasteiger partial charge in [-0.2, -0.15) is 9.07 Å². The van der Waals surface area contributed by atoms with Crippen molar-refractivity contribution < 1.29 is 22.7 Å². The summed E-state index contributed by atoms with van der Waals surface area (Å²) in [6.07, 6.45) is 6.14. The maximum Gasteiger partial charge on any atom is 0.247 e. The monoisotopic (exact) mass is 597 g/mol. The molecule has 15 heteroatoms. The second-order valence-electron chi connectivity index (χ2n) is 10.4. The predicted octanol–water partition coefficient (Wildman–Crippen LogP) is 4.24. The van der Waals surface area contributed by atoms with E-state index in [1.165, 1.54) is 35.4 Å². The van der Waals surface area contributed by atoms with Gasteiger partial charge in [-0.05, 0) is 59.9 Å². The van der Waals surface area contributed by atoms with Crippen molar-refractivity contribution in [2.45, 2.75) is 43.8 Å². The van der Waals surface area contributed by atoms with Gasteiger partial charge >= 0.3 is 0 Å². The van der Waals surface area contributed by atoms with E-state index >= 15 is 13.2 Å². The van der Waals surface area contributed by atoms with Gasteiger partial charge in [-0.15, -0.1) is 5.10 Å². The van der Waals surface area contributed by atoms with Crippen molar-refractivity contribution in [2.24, 2.45) is 0 Å². The molecule has 3 aliphatic heterocycles. The van der Waals surface area contributed by atoms with Crippen LogP contribution in [0.5, 0.6) is 0 Å². The van der Waals surface area contributed by atoms with Crippen molar-refractivity contribution in [1.82, 2.24) is 40.1 Å². The third-order valence-electron chi connectivity index (χ3n) is 7.92. The van der Waals surface area contributed by atoms with Crippen molar-refractivity contribution in [3.8, 4) is 16.9 Å². The Morgan fingerprint density at radius 1 is 1.12 bits per heavy atom. The number of nitrogens with one attached hydrogen (secondary N) is 2. The molecule has 0 saturated carbocycles. The van der Waals surface area contributed by atoms with Gasteiger partial charge in [0.25, 0.3) is 0 Å². The lowest BCUT2D eigenvalue weighted by atomic mass is 9.92. The third-order valence-corrected chi connectivity index (χ3v) is 8.21. The second kappa shape index (κ2) is 10.5. The summed E-state index contributed by atoms with van der Waals surface area (Å²) in [4.78, 5) is 26.1. The zero-order valence-corrected chi connectivity index (χ0v) is 22.7. The number of nitrogens with zero attached hydrogens (tertiary/aromatic N) is 7. The molecule has 216 valence electrons. The van der Waals surface area contributed by atoms with Gasteiger partial charge in [0.05, 0.1) is 29.4 Å². The molecule has 1 amide bonds. The number of rotatable bonds is 6. The summed E-state index contributed by atoms with van der Waals surface area (Å²) >= 11 is 6.10. The fourth-order valence-corrected chi connectivity index (χ4v) is 6.15. The minimum atomic E-state index is -0.888. The molecule has 0 aliphatic carbocycles. The summed E-state index contributed by atoms with van der Waals surface area (Å²) in [6, 6.07) is 3.38. The highest BCUT2D eigenvalue weighted by Gasteiger charge is 2.42. The van der Waals surface area contributed by atoms with Gasteiger partial charge in [-0.25, -0.2) is 18.7 Å². The van der Waals surface area contributed by atoms with E-state index in [0.29, 0.717) is 50.2 Å². The van der Waals surface area contributed by atoms with Crippen LogP contribution in [0.1, 0.15) is 43.1 Å². The average molecular weight is 598 g/mol. The molecule has 3 aliphatic rings. The van der Waals surface area contributed by atoms with Crippen LogP contribution in [0, 0.1) is 17.6 Å². The van der Waals surface area contributed by atoms with Crippen molar-refractivity contribution in [2.75, 3.05) is 18.5 Å². The van der Waals surface area contributed by atoms with Gasteiger partial charge in [-0.3, -0.25) is 4.79 Å². The number of carbonyl (C=O) groups is 1. The number of anilines is 1. The van der Waals surface area contributed by atoms with Crippen molar-refractivity contribution in [3.05, 3.63) is 70.8 Å². The quantitative estimate of drug-likeness (QED) is 0.338. The number of ether oxygens (including phenoxy) is 1. The molecule has 1 unspecified atom stereocenters. The summed E-state index contributed by atoms with van der Waals surface area (Å²) in [5, 5.41) is 14.0. The molecular formula is C27H23ClF3N9O2. The number of aromatic nitrogens is 7. The number of benzene rings is 1. The fraction of sp³-hybridized carbons (Fsp3) is 0.333. The van der Waals surface area contributed by atoms with E-state index in [4.69, 9.17) is 16.3 Å². The second-order valence-corrected chi connectivity index (χ2v) is 10.8. The first-order valence-electron chi connectivity index (χ1n) is 13.4. The van der Waals surface area contributed by atoms with Gasteiger partial charge in [0.2, 0.25) is 11.9 Å². The number of pyridine rings is 1. The Morgan fingerprint density at radius 3 is 2.79 bits per heavy atom. The van der Waals surface area contributed by atoms with E-state index in [2.05, 4.69) is 35.8 Å². The van der Waals surface area contributed by atoms with E-state index in [1.807, 2.05) is 0 Å². The van der Waals surface area contributed by atoms with E-state index in [9.17, 15) is 4.79 Å². The number of aromatic amines is 1. The molecule has 1 aromatic carbocycles. The average Bonchev–Trinajstić information content (AvgIpc) is 3.79. The molecule has 0 radical (unpaired) electrons. The van der Waals surface area contributed by atoms with Gasteiger partial charge in [0.15, 0.2) is 17.5 Å². The van der Waals surface area contributed by atoms with Crippen molar-refractivity contribution in [1.29, 1.82) is 0 Å². The number of H-pyrrole nitrogens is 1. The maximum absolute atomic E-state index is 15.4. The van der Waals surface area contributed by atoms with E-state index in [1.54, 1.807) is 11.0 Å². The van der Waals surface area contributed by atoms with Crippen LogP contribution >= 0.6 is 11.6 Å². The lowest BCUT2D eigenvalue weighted by molar-refractivity contribution is -0.129. The van der Waals surface area contributed by atoms with Gasteiger partial charge in [0, 0.05) is 36.0 Å². The highest BCUT2D eigenvalue weighted by Crippen LogP contribution is 2.44. The maximum atomic E-state index is 15.4. The van der Waals surface area contributed by atoms with Crippen LogP contribution in [0.3, 0.4) is 0 Å². The predicted molar refractivity (Wildman–Crippen MR) is 144 cm³/mol. The molecule has 42 heavy (non-hydrogen) atoms. The molecule has 3 aromatic heterocycles. The topological polar surface area (TPSA) is 127 Å². The SMILES string of the molecule is O=C1C=C(c2c(-n3cnnn3)ccc(Cl)c2F)CC2CC[C@@H](c3nc(F)c(-c4ccnc(N[C@H]5CCOC5)c4F)[nH]3)N12. The number of carbonyl (C=O) groups excluding carboxylic acids is 1. The Balaban J connectivity index is 1.18. The number of halogens is 4. The molecule has 0 spiro atoms. The van der Waals surface area contributed by atoms with Crippen LogP contribution in [0.2, 0.25) is 5.02 Å². The Labute approximate surface area is 241 Å². The lowest BCUT2D eigenvalue weighted by Crippen LogP contribution is -2.39. The first kappa shape index (κ1) is 26.6. The summed E-state index contributed by atoms with van der Waals surface area (Å²) in [5.41, 5.74) is 0.766. The van der Waals surface area contributed by atoms with Crippen LogP contribution in [-0.2, 0) is 9.53 Å². The smallest absolute Gasteiger partial charge is 0.247 e. The van der Waals surface area contributed by atoms with Crippen LogP contribution in [0.15, 0.2) is 36.8 Å². The highest BCUT2D eigenvalue weighted by molar-refractivity contribution is 6.31. The first-order chi connectivity index (χ1) is 20.4. The molecule has 2 fully saturated rings. The van der Waals surface area contributed by atoms with Crippen LogP contribution in [-0.4, -0.2) is 71.3 Å². The molecule has 0 bridgehead atoms. The standard InChI is InChI=1S/C27H23ClF3N9O2/c28-17-2-4-18(39-12-33-37-38-39)21(23(17)30)13-9-15-1-3-19(40(15)20(41)10-13)26-35-24(25(31)36-26)16-5-7-32-27(22(16)29)34-14-6-8-42-11-14/h2,4-5,7,10,12,14-15,19H,1,3,6,8-9,11H2,(H,32,34)(H,35,36)/t14-,15?,19-/m0/s1. The molecule has 7 rings (SSSR count). The largest absolute Gasteiger partial charge is 0.379 e. The lowest BCUT2D eigenvalue weighted by Gasteiger charge is -2.33. The number of hydrogen-bond acceptors (Lipinski definition) is 8. The minimum Gasteiger partial charge on any atom is -0.379 e. The summed E-state index contributed by atoms with van der Waals surface area (Å²) in [5.74, 6) is -2.47. The van der Waals surface area contributed by atoms with Gasteiger partial charge in [0.1, 0.15) is 17.8 Å². The van der Waals surface area contributed by atoms with Crippen molar-refractivity contribution in [3.63, 3.8) is 0 Å². The molecule has 3 atom stereocenters. The van der Waals surface area contributed by atoms with Crippen LogP contribution in [0.4, 0.5) is 19.0 Å². The Bertz CT molecular complexity index is 1710.